The number of para-hydroxylation sites is 3. The Kier molecular flexibility index (Phi) is 7.08. The highest BCUT2D eigenvalue weighted by Gasteiger charge is 2.22. The number of anilines is 1. The van der Waals surface area contributed by atoms with Crippen LogP contribution in [0.1, 0.15) is 15.9 Å². The molecular weight excluding hydrogens is 450 g/mol. The summed E-state index contributed by atoms with van der Waals surface area (Å²) in [5, 5.41) is 9.58. The van der Waals surface area contributed by atoms with E-state index < -0.39 is 5.97 Å². The number of methoxy groups -OCH3 is 1. The largest absolute Gasteiger partial charge is 0.493 e. The van der Waals surface area contributed by atoms with E-state index in [2.05, 4.69) is 15.9 Å². The van der Waals surface area contributed by atoms with Crippen molar-refractivity contribution in [2.45, 2.75) is 6.54 Å². The second-order valence-electron chi connectivity index (χ2n) is 6.37. The molecule has 0 spiro atoms. The average molecular weight is 470 g/mol. The molecule has 3 aromatic rings. The van der Waals surface area contributed by atoms with Crippen LogP contribution >= 0.6 is 15.9 Å². The van der Waals surface area contributed by atoms with E-state index in [1.165, 1.54) is 18.1 Å². The van der Waals surface area contributed by atoms with Gasteiger partial charge in [-0.15, -0.1) is 0 Å². The van der Waals surface area contributed by atoms with Crippen molar-refractivity contribution < 1.29 is 24.2 Å². The number of carbonyl (C=O) groups excluding carboxylic acids is 1. The minimum Gasteiger partial charge on any atom is -0.493 e. The number of hydrogen-bond donors (Lipinski definition) is 1. The fourth-order valence-corrected chi connectivity index (χ4v) is 3.19. The molecular formula is C23H20BrNO5. The summed E-state index contributed by atoms with van der Waals surface area (Å²) in [6.45, 7) is -0.0729. The van der Waals surface area contributed by atoms with E-state index in [9.17, 15) is 14.7 Å². The number of halogens is 1. The van der Waals surface area contributed by atoms with Crippen LogP contribution in [0.2, 0.25) is 0 Å². The number of hydrogen-bond acceptors (Lipinski definition) is 4. The Morgan fingerprint density at radius 1 is 0.933 bits per heavy atom. The Bertz CT molecular complexity index is 1040. The molecule has 0 fully saturated rings. The SMILES string of the molecule is COc1ccccc1OCC(=O)N(Cc1ccc(Br)cc1)c1ccccc1C(=O)O. The quantitative estimate of drug-likeness (QED) is 0.514. The van der Waals surface area contributed by atoms with Gasteiger partial charge in [-0.1, -0.05) is 52.3 Å². The summed E-state index contributed by atoms with van der Waals surface area (Å²) in [5.74, 6) is -0.540. The molecule has 0 saturated heterocycles. The van der Waals surface area contributed by atoms with E-state index in [1.54, 1.807) is 42.5 Å². The molecule has 6 nitrogen and oxygen atoms in total. The number of rotatable bonds is 8. The number of ether oxygens (including phenoxy) is 2. The number of benzene rings is 3. The summed E-state index contributed by atoms with van der Waals surface area (Å²) in [5.41, 5.74) is 1.20. The normalized spacial score (nSPS) is 10.3. The van der Waals surface area contributed by atoms with Crippen molar-refractivity contribution in [1.29, 1.82) is 0 Å². The Hall–Kier alpha value is -3.32. The summed E-state index contributed by atoms with van der Waals surface area (Å²) in [6.07, 6.45) is 0. The molecule has 3 aromatic carbocycles. The molecule has 0 radical (unpaired) electrons. The molecule has 0 aliphatic carbocycles. The van der Waals surface area contributed by atoms with Gasteiger partial charge in [0.2, 0.25) is 0 Å². The predicted octanol–water partition coefficient (Wildman–Crippen LogP) is 4.77. The first-order chi connectivity index (χ1) is 14.5. The van der Waals surface area contributed by atoms with Crippen molar-refractivity contribution in [2.24, 2.45) is 0 Å². The van der Waals surface area contributed by atoms with Crippen LogP contribution in [0.15, 0.2) is 77.3 Å². The third-order valence-corrected chi connectivity index (χ3v) is 4.93. The maximum atomic E-state index is 13.1. The van der Waals surface area contributed by atoms with Gasteiger partial charge in [0.05, 0.1) is 24.9 Å². The zero-order chi connectivity index (χ0) is 21.5. The minimum atomic E-state index is -1.11. The highest BCUT2D eigenvalue weighted by molar-refractivity contribution is 9.10. The molecule has 1 amide bonds. The van der Waals surface area contributed by atoms with E-state index in [0.29, 0.717) is 17.2 Å². The van der Waals surface area contributed by atoms with Crippen molar-refractivity contribution in [3.8, 4) is 11.5 Å². The molecule has 3 rings (SSSR count). The molecule has 30 heavy (non-hydrogen) atoms. The van der Waals surface area contributed by atoms with Crippen LogP contribution in [0.3, 0.4) is 0 Å². The van der Waals surface area contributed by atoms with Gasteiger partial charge in [0.25, 0.3) is 5.91 Å². The van der Waals surface area contributed by atoms with Gasteiger partial charge in [0.15, 0.2) is 18.1 Å². The number of amides is 1. The van der Waals surface area contributed by atoms with E-state index in [4.69, 9.17) is 9.47 Å². The Morgan fingerprint density at radius 3 is 2.23 bits per heavy atom. The third-order valence-electron chi connectivity index (χ3n) is 4.40. The minimum absolute atomic E-state index is 0.0419. The zero-order valence-electron chi connectivity index (χ0n) is 16.2. The number of carboxylic acid groups (broad SMARTS) is 1. The van der Waals surface area contributed by atoms with Gasteiger partial charge in [-0.25, -0.2) is 4.79 Å². The molecule has 0 unspecified atom stereocenters. The Labute approximate surface area is 182 Å². The topological polar surface area (TPSA) is 76.1 Å². The van der Waals surface area contributed by atoms with E-state index in [-0.39, 0.29) is 24.6 Å². The van der Waals surface area contributed by atoms with Crippen LogP contribution < -0.4 is 14.4 Å². The van der Waals surface area contributed by atoms with Crippen LogP contribution in [-0.4, -0.2) is 30.7 Å². The van der Waals surface area contributed by atoms with Crippen molar-refractivity contribution in [1.82, 2.24) is 0 Å². The van der Waals surface area contributed by atoms with Crippen LogP contribution in [0.25, 0.3) is 0 Å². The molecule has 0 aliphatic rings. The fraction of sp³-hybridized carbons (Fsp3) is 0.130. The number of carbonyl (C=O) groups is 2. The molecule has 0 aromatic heterocycles. The molecule has 0 heterocycles. The molecule has 7 heteroatoms. The maximum Gasteiger partial charge on any atom is 0.337 e. The van der Waals surface area contributed by atoms with Gasteiger partial charge in [-0.2, -0.15) is 0 Å². The van der Waals surface area contributed by atoms with Crippen LogP contribution in [0.5, 0.6) is 11.5 Å². The highest BCUT2D eigenvalue weighted by atomic mass is 79.9. The number of aromatic carboxylic acids is 1. The van der Waals surface area contributed by atoms with Crippen LogP contribution in [-0.2, 0) is 11.3 Å². The first-order valence-electron chi connectivity index (χ1n) is 9.12. The Morgan fingerprint density at radius 2 is 1.57 bits per heavy atom. The van der Waals surface area contributed by atoms with Crippen molar-refractivity contribution in [3.05, 3.63) is 88.4 Å². The van der Waals surface area contributed by atoms with Crippen molar-refractivity contribution in [3.63, 3.8) is 0 Å². The molecule has 0 bridgehead atoms. The summed E-state index contributed by atoms with van der Waals surface area (Å²) in [7, 11) is 1.52. The third kappa shape index (κ3) is 5.18. The van der Waals surface area contributed by atoms with E-state index >= 15 is 0 Å². The highest BCUT2D eigenvalue weighted by Crippen LogP contribution is 2.27. The molecule has 1 N–H and O–H groups in total. The number of nitrogens with zero attached hydrogens (tertiary/aromatic N) is 1. The van der Waals surface area contributed by atoms with Crippen molar-refractivity contribution >= 4 is 33.5 Å². The average Bonchev–Trinajstić information content (AvgIpc) is 2.77. The monoisotopic (exact) mass is 469 g/mol. The standard InChI is InChI=1S/C23H20BrNO5/c1-29-20-8-4-5-9-21(20)30-15-22(26)25(14-16-10-12-17(24)13-11-16)19-7-3-2-6-18(19)23(27)28/h2-13H,14-15H2,1H3,(H,27,28). The van der Waals surface area contributed by atoms with E-state index in [1.807, 2.05) is 24.3 Å². The summed E-state index contributed by atoms with van der Waals surface area (Å²) in [4.78, 5) is 26.3. The first-order valence-corrected chi connectivity index (χ1v) is 9.92. The smallest absolute Gasteiger partial charge is 0.337 e. The van der Waals surface area contributed by atoms with Gasteiger partial charge >= 0.3 is 5.97 Å². The predicted molar refractivity (Wildman–Crippen MR) is 117 cm³/mol. The summed E-state index contributed by atoms with van der Waals surface area (Å²) >= 11 is 3.39. The fourth-order valence-electron chi connectivity index (χ4n) is 2.93. The van der Waals surface area contributed by atoms with Crippen LogP contribution in [0, 0.1) is 0 Å². The van der Waals surface area contributed by atoms with Gasteiger partial charge in [0, 0.05) is 4.47 Å². The van der Waals surface area contributed by atoms with Gasteiger partial charge in [-0.05, 0) is 42.0 Å². The summed E-state index contributed by atoms with van der Waals surface area (Å²) < 4.78 is 11.8. The molecule has 154 valence electrons. The molecule has 0 atom stereocenters. The van der Waals surface area contributed by atoms with Gasteiger partial charge in [-0.3, -0.25) is 4.79 Å². The van der Waals surface area contributed by atoms with Gasteiger partial charge in [0.1, 0.15) is 0 Å². The van der Waals surface area contributed by atoms with E-state index in [0.717, 1.165) is 10.0 Å². The lowest BCUT2D eigenvalue weighted by atomic mass is 10.1. The van der Waals surface area contributed by atoms with Crippen LogP contribution in [0.4, 0.5) is 5.69 Å². The second-order valence-corrected chi connectivity index (χ2v) is 7.28. The lowest BCUT2D eigenvalue weighted by molar-refractivity contribution is -0.120. The lowest BCUT2D eigenvalue weighted by Gasteiger charge is -2.25. The lowest BCUT2D eigenvalue weighted by Crippen LogP contribution is -2.35. The zero-order valence-corrected chi connectivity index (χ0v) is 17.8. The second kappa shape index (κ2) is 9.93. The molecule has 0 aliphatic heterocycles. The maximum absolute atomic E-state index is 13.1. The number of carboxylic acids is 1. The summed E-state index contributed by atoms with van der Waals surface area (Å²) in [6, 6.07) is 20.9. The molecule has 0 saturated carbocycles. The first kappa shape index (κ1) is 21.4. The Balaban J connectivity index is 1.89. The van der Waals surface area contributed by atoms with Gasteiger partial charge < -0.3 is 19.5 Å². The van der Waals surface area contributed by atoms with Crippen molar-refractivity contribution in [2.75, 3.05) is 18.6 Å².